The third-order valence-corrected chi connectivity index (χ3v) is 5.40. The second-order valence-corrected chi connectivity index (χ2v) is 7.37. The number of amides is 1. The Morgan fingerprint density at radius 1 is 1.17 bits per heavy atom. The molecular weight excluding hydrogens is 400 g/mol. The number of halogens is 1. The molecule has 152 valence electrons. The minimum Gasteiger partial charge on any atom is -0.618 e. The molecule has 0 radical (unpaired) electrons. The van der Waals surface area contributed by atoms with Gasteiger partial charge in [-0.1, -0.05) is 36.7 Å². The van der Waals surface area contributed by atoms with Gasteiger partial charge < -0.3 is 15.1 Å². The number of nitrogens with one attached hydrogen (secondary N) is 1. The van der Waals surface area contributed by atoms with Crippen molar-refractivity contribution in [3.8, 4) is 0 Å². The number of nitrogens with zero attached hydrogens (tertiary/aromatic N) is 3. The van der Waals surface area contributed by atoms with Crippen LogP contribution in [0.3, 0.4) is 0 Å². The lowest BCUT2D eigenvalue weighted by molar-refractivity contribution is -0.614. The minimum atomic E-state index is -0.246. The predicted molar refractivity (Wildman–Crippen MR) is 116 cm³/mol. The van der Waals surface area contributed by atoms with Gasteiger partial charge in [0.15, 0.2) is 6.20 Å². The highest BCUT2D eigenvalue weighted by Crippen LogP contribution is 2.23. The Labute approximate surface area is 179 Å². The summed E-state index contributed by atoms with van der Waals surface area (Å²) in [6, 6.07) is 18.2. The molecule has 30 heavy (non-hydrogen) atoms. The molecule has 1 N–H and O–H groups in total. The highest BCUT2D eigenvalue weighted by atomic mass is 35.5. The van der Waals surface area contributed by atoms with E-state index in [1.807, 2.05) is 36.4 Å². The smallest absolute Gasteiger partial charge is 0.251 e. The number of hydrogen-bond donors (Lipinski definition) is 1. The maximum Gasteiger partial charge on any atom is 0.251 e. The molecule has 2 aromatic heterocycles. The van der Waals surface area contributed by atoms with Crippen LogP contribution in [0.2, 0.25) is 5.02 Å². The lowest BCUT2D eigenvalue weighted by Crippen LogP contribution is -2.35. The van der Waals surface area contributed by atoms with E-state index in [0.717, 1.165) is 33.6 Å². The van der Waals surface area contributed by atoms with E-state index in [0.29, 0.717) is 22.8 Å². The Morgan fingerprint density at radius 3 is 2.73 bits per heavy atom. The third kappa shape index (κ3) is 4.00. The zero-order valence-electron chi connectivity index (χ0n) is 16.5. The molecule has 0 spiro atoms. The molecule has 0 atom stereocenters. The number of aryl methyl sites for hydroxylation is 1. The van der Waals surface area contributed by atoms with Crippen molar-refractivity contribution in [3.63, 3.8) is 0 Å². The van der Waals surface area contributed by atoms with Crippen LogP contribution in [0.1, 0.15) is 34.4 Å². The summed E-state index contributed by atoms with van der Waals surface area (Å²) in [6.45, 7) is 2.78. The van der Waals surface area contributed by atoms with Gasteiger partial charge in [-0.05, 0) is 35.9 Å². The molecule has 0 aliphatic carbocycles. The molecular formula is C23H21ClN4O2. The maximum absolute atomic E-state index is 12.7. The minimum absolute atomic E-state index is 0.153. The van der Waals surface area contributed by atoms with Crippen molar-refractivity contribution in [2.24, 2.45) is 0 Å². The highest BCUT2D eigenvalue weighted by Gasteiger charge is 2.15. The van der Waals surface area contributed by atoms with Crippen molar-refractivity contribution in [2.45, 2.75) is 26.4 Å². The van der Waals surface area contributed by atoms with Crippen LogP contribution in [-0.4, -0.2) is 15.5 Å². The Bertz CT molecular complexity index is 1220. The first-order valence-electron chi connectivity index (χ1n) is 9.74. The molecule has 0 bridgehead atoms. The van der Waals surface area contributed by atoms with Crippen LogP contribution in [0.15, 0.2) is 66.9 Å². The molecule has 7 heteroatoms. The number of carbonyl (C=O) groups excluding carboxylic acids is 1. The van der Waals surface area contributed by atoms with Crippen molar-refractivity contribution in [3.05, 3.63) is 99.7 Å². The molecule has 1 amide bonds. The Hall–Kier alpha value is -3.38. The van der Waals surface area contributed by atoms with Gasteiger partial charge in [0.2, 0.25) is 5.69 Å². The van der Waals surface area contributed by atoms with Gasteiger partial charge in [0.25, 0.3) is 5.91 Å². The fourth-order valence-electron chi connectivity index (χ4n) is 3.43. The zero-order chi connectivity index (χ0) is 21.1. The van der Waals surface area contributed by atoms with Gasteiger partial charge in [-0.25, -0.2) is 4.98 Å². The van der Waals surface area contributed by atoms with Crippen LogP contribution in [0.25, 0.3) is 11.0 Å². The molecule has 0 unspecified atom stereocenters. The Balaban J connectivity index is 1.63. The summed E-state index contributed by atoms with van der Waals surface area (Å²) in [7, 11) is 0. The first-order valence-corrected chi connectivity index (χ1v) is 10.1. The van der Waals surface area contributed by atoms with Crippen molar-refractivity contribution < 1.29 is 9.52 Å². The quantitative estimate of drug-likeness (QED) is 0.380. The lowest BCUT2D eigenvalue weighted by Gasteiger charge is -2.11. The van der Waals surface area contributed by atoms with E-state index in [2.05, 4.69) is 16.8 Å². The lowest BCUT2D eigenvalue weighted by atomic mass is 10.1. The average molecular weight is 421 g/mol. The molecule has 0 saturated carbocycles. The van der Waals surface area contributed by atoms with E-state index < -0.39 is 0 Å². The van der Waals surface area contributed by atoms with Crippen LogP contribution in [0.4, 0.5) is 0 Å². The number of hydrogen-bond acceptors (Lipinski definition) is 3. The van der Waals surface area contributed by atoms with Crippen LogP contribution in [-0.2, 0) is 19.5 Å². The molecule has 2 heterocycles. The molecule has 0 fully saturated rings. The molecule has 0 aliphatic heterocycles. The van der Waals surface area contributed by atoms with E-state index in [1.165, 1.54) is 6.20 Å². The van der Waals surface area contributed by atoms with E-state index in [4.69, 9.17) is 16.6 Å². The Kier molecular flexibility index (Phi) is 5.68. The zero-order valence-corrected chi connectivity index (χ0v) is 17.3. The van der Waals surface area contributed by atoms with Crippen molar-refractivity contribution >= 4 is 28.5 Å². The largest absolute Gasteiger partial charge is 0.618 e. The number of carbonyl (C=O) groups is 1. The van der Waals surface area contributed by atoms with Crippen LogP contribution >= 0.6 is 11.6 Å². The van der Waals surface area contributed by atoms with Crippen molar-refractivity contribution in [1.29, 1.82) is 0 Å². The molecule has 6 nitrogen and oxygen atoms in total. The van der Waals surface area contributed by atoms with E-state index in [1.54, 1.807) is 24.3 Å². The van der Waals surface area contributed by atoms with Gasteiger partial charge in [0.05, 0.1) is 17.6 Å². The van der Waals surface area contributed by atoms with Crippen LogP contribution in [0.5, 0.6) is 0 Å². The molecule has 2 aromatic carbocycles. The van der Waals surface area contributed by atoms with Crippen molar-refractivity contribution in [2.75, 3.05) is 0 Å². The topological polar surface area (TPSA) is 73.9 Å². The summed E-state index contributed by atoms with van der Waals surface area (Å²) >= 11 is 6.36. The van der Waals surface area contributed by atoms with Crippen molar-refractivity contribution in [1.82, 2.24) is 14.9 Å². The van der Waals surface area contributed by atoms with Crippen LogP contribution < -0.4 is 10.0 Å². The standard InChI is InChI=1S/C23H21ClN4O2/c1-2-22-26-20-11-10-16(23(29)25-14-18-8-5-6-12-28(18)30)13-21(20)27(22)15-17-7-3-4-9-19(17)24/h3-13H,2,14-15H2,1H3,(H,25,29). The van der Waals surface area contributed by atoms with E-state index in [9.17, 15) is 10.0 Å². The second-order valence-electron chi connectivity index (χ2n) is 6.96. The predicted octanol–water partition coefficient (Wildman–Crippen LogP) is 3.86. The van der Waals surface area contributed by atoms with Crippen LogP contribution in [0, 0.1) is 5.21 Å². The molecule has 4 rings (SSSR count). The number of aromatic nitrogens is 3. The number of pyridine rings is 1. The summed E-state index contributed by atoms with van der Waals surface area (Å²) in [5, 5.41) is 15.3. The van der Waals surface area contributed by atoms with E-state index >= 15 is 0 Å². The maximum atomic E-state index is 12.7. The fraction of sp³-hybridized carbons (Fsp3) is 0.174. The summed E-state index contributed by atoms with van der Waals surface area (Å²) in [4.78, 5) is 17.4. The fourth-order valence-corrected chi connectivity index (χ4v) is 3.63. The number of benzene rings is 2. The average Bonchev–Trinajstić information content (AvgIpc) is 3.11. The number of imidazole rings is 1. The van der Waals surface area contributed by atoms with Gasteiger partial charge >= 0.3 is 0 Å². The number of fused-ring (bicyclic) bond motifs is 1. The SMILES string of the molecule is CCc1nc2ccc(C(=O)NCc3cccc[n+]3[O-])cc2n1Cc1ccccc1Cl. The summed E-state index contributed by atoms with van der Waals surface area (Å²) < 4.78 is 2.84. The second kappa shape index (κ2) is 8.55. The molecule has 0 saturated heterocycles. The van der Waals surface area contributed by atoms with Gasteiger partial charge in [-0.15, -0.1) is 0 Å². The van der Waals surface area contributed by atoms with Gasteiger partial charge in [0.1, 0.15) is 12.4 Å². The summed E-state index contributed by atoms with van der Waals surface area (Å²) in [5.41, 5.74) is 3.68. The normalized spacial score (nSPS) is 11.0. The summed E-state index contributed by atoms with van der Waals surface area (Å²) in [6.07, 6.45) is 2.17. The van der Waals surface area contributed by atoms with Gasteiger partial charge in [0, 0.05) is 29.1 Å². The van der Waals surface area contributed by atoms with E-state index in [-0.39, 0.29) is 12.5 Å². The first-order chi connectivity index (χ1) is 14.6. The Morgan fingerprint density at radius 2 is 1.97 bits per heavy atom. The summed E-state index contributed by atoms with van der Waals surface area (Å²) in [5.74, 6) is 0.684. The van der Waals surface area contributed by atoms with Gasteiger partial charge in [-0.2, -0.15) is 4.73 Å². The third-order valence-electron chi connectivity index (χ3n) is 5.03. The first kappa shape index (κ1) is 19.9. The number of rotatable bonds is 6. The molecule has 0 aliphatic rings. The molecule has 4 aromatic rings. The monoisotopic (exact) mass is 420 g/mol. The van der Waals surface area contributed by atoms with Gasteiger partial charge in [-0.3, -0.25) is 4.79 Å². The highest BCUT2D eigenvalue weighted by molar-refractivity contribution is 6.31.